The molecule has 2 aromatic rings. The molecule has 0 fully saturated rings. The van der Waals surface area contributed by atoms with Crippen molar-refractivity contribution in [2.45, 2.75) is 26.1 Å². The third-order valence-corrected chi connectivity index (χ3v) is 4.46. The van der Waals surface area contributed by atoms with E-state index in [0.717, 1.165) is 31.9 Å². The van der Waals surface area contributed by atoms with Gasteiger partial charge in [0.1, 0.15) is 6.61 Å². The highest BCUT2D eigenvalue weighted by atomic mass is 79.9. The smallest absolute Gasteiger partial charge is 0.154 e. The van der Waals surface area contributed by atoms with Crippen LogP contribution in [0.4, 0.5) is 0 Å². The van der Waals surface area contributed by atoms with Crippen LogP contribution < -0.4 is 0 Å². The quantitative estimate of drug-likeness (QED) is 0.852. The van der Waals surface area contributed by atoms with E-state index in [1.807, 2.05) is 12.3 Å². The first-order valence-electron chi connectivity index (χ1n) is 7.04. The van der Waals surface area contributed by atoms with Crippen molar-refractivity contribution >= 4 is 15.9 Å². The van der Waals surface area contributed by atoms with Crippen LogP contribution in [0.2, 0.25) is 0 Å². The molecule has 0 atom stereocenters. The molecule has 1 aliphatic rings. The minimum atomic E-state index is 0.480. The summed E-state index contributed by atoms with van der Waals surface area (Å²) in [5.41, 5.74) is 3.71. The minimum Gasteiger partial charge on any atom is -0.377 e. The maximum atomic E-state index is 5.09. The molecule has 0 N–H and O–H groups in total. The standard InChI is InChI=1S/C16H18BrN3O/c1-21-11-16-18-8-13-10-20(7-6-15(13)19-16)9-12-4-2-3-5-14(12)17/h2-5,8H,6-7,9-11H2,1H3. The fourth-order valence-electron chi connectivity index (χ4n) is 2.62. The van der Waals surface area contributed by atoms with E-state index < -0.39 is 0 Å². The second-order valence-electron chi connectivity index (χ2n) is 5.24. The first-order chi connectivity index (χ1) is 10.3. The molecule has 3 rings (SSSR count). The normalized spacial score (nSPS) is 15.0. The van der Waals surface area contributed by atoms with Crippen LogP contribution in [0, 0.1) is 0 Å². The zero-order valence-electron chi connectivity index (χ0n) is 12.1. The Labute approximate surface area is 133 Å². The maximum Gasteiger partial charge on any atom is 0.154 e. The average molecular weight is 348 g/mol. The van der Waals surface area contributed by atoms with Crippen LogP contribution >= 0.6 is 15.9 Å². The average Bonchev–Trinajstić information content (AvgIpc) is 2.50. The van der Waals surface area contributed by atoms with Crippen molar-refractivity contribution in [2.75, 3.05) is 13.7 Å². The van der Waals surface area contributed by atoms with Crippen molar-refractivity contribution < 1.29 is 4.74 Å². The molecule has 0 unspecified atom stereocenters. The van der Waals surface area contributed by atoms with Gasteiger partial charge in [-0.2, -0.15) is 0 Å². The Hall–Kier alpha value is -1.30. The van der Waals surface area contributed by atoms with E-state index in [2.05, 4.69) is 49.0 Å². The van der Waals surface area contributed by atoms with E-state index in [-0.39, 0.29) is 0 Å². The first kappa shape index (κ1) is 14.6. The molecule has 0 radical (unpaired) electrons. The Kier molecular flexibility index (Phi) is 4.63. The van der Waals surface area contributed by atoms with Crippen molar-refractivity contribution in [1.29, 1.82) is 0 Å². The molecule has 110 valence electrons. The molecular formula is C16H18BrN3O. The molecule has 21 heavy (non-hydrogen) atoms. The number of fused-ring (bicyclic) bond motifs is 1. The van der Waals surface area contributed by atoms with Gasteiger partial charge in [-0.1, -0.05) is 34.1 Å². The molecule has 4 nitrogen and oxygen atoms in total. The Morgan fingerprint density at radius 3 is 3.00 bits per heavy atom. The van der Waals surface area contributed by atoms with Gasteiger partial charge in [-0.3, -0.25) is 4.90 Å². The van der Waals surface area contributed by atoms with Crippen LogP contribution in [-0.2, 0) is 30.9 Å². The van der Waals surface area contributed by atoms with Gasteiger partial charge >= 0.3 is 0 Å². The number of hydrogen-bond acceptors (Lipinski definition) is 4. The molecule has 1 aliphatic heterocycles. The Balaban J connectivity index is 1.71. The van der Waals surface area contributed by atoms with Crippen LogP contribution in [0.25, 0.3) is 0 Å². The third kappa shape index (κ3) is 3.48. The fourth-order valence-corrected chi connectivity index (χ4v) is 3.03. The minimum absolute atomic E-state index is 0.480. The van der Waals surface area contributed by atoms with Gasteiger partial charge in [-0.25, -0.2) is 9.97 Å². The number of halogens is 1. The van der Waals surface area contributed by atoms with Gasteiger partial charge in [-0.15, -0.1) is 0 Å². The summed E-state index contributed by atoms with van der Waals surface area (Å²) in [5.74, 6) is 0.774. The second-order valence-corrected chi connectivity index (χ2v) is 6.10. The predicted octanol–water partition coefficient (Wildman–Crippen LogP) is 2.94. The van der Waals surface area contributed by atoms with Crippen LogP contribution in [0.3, 0.4) is 0 Å². The van der Waals surface area contributed by atoms with E-state index in [9.17, 15) is 0 Å². The van der Waals surface area contributed by atoms with Crippen LogP contribution in [0.1, 0.15) is 22.6 Å². The Bertz CT molecular complexity index is 633. The highest BCUT2D eigenvalue weighted by Gasteiger charge is 2.19. The Morgan fingerprint density at radius 2 is 2.19 bits per heavy atom. The molecule has 0 saturated carbocycles. The molecule has 1 aromatic heterocycles. The van der Waals surface area contributed by atoms with Gasteiger partial charge < -0.3 is 4.74 Å². The predicted molar refractivity (Wildman–Crippen MR) is 84.7 cm³/mol. The highest BCUT2D eigenvalue weighted by Crippen LogP contribution is 2.22. The van der Waals surface area contributed by atoms with Gasteiger partial charge in [0.15, 0.2) is 5.82 Å². The number of nitrogens with zero attached hydrogens (tertiary/aromatic N) is 3. The summed E-state index contributed by atoms with van der Waals surface area (Å²) in [5, 5.41) is 0. The molecule has 0 amide bonds. The SMILES string of the molecule is COCc1ncc2c(n1)CCN(Cc1ccccc1Br)C2. The molecular weight excluding hydrogens is 330 g/mol. The van der Waals surface area contributed by atoms with Gasteiger partial charge in [-0.05, 0) is 11.6 Å². The molecule has 0 saturated heterocycles. The van der Waals surface area contributed by atoms with Crippen molar-refractivity contribution in [3.05, 3.63) is 57.6 Å². The largest absolute Gasteiger partial charge is 0.377 e. The first-order valence-corrected chi connectivity index (χ1v) is 7.84. The summed E-state index contributed by atoms with van der Waals surface area (Å²) in [6, 6.07) is 8.38. The summed E-state index contributed by atoms with van der Waals surface area (Å²) < 4.78 is 6.26. The maximum absolute atomic E-state index is 5.09. The summed E-state index contributed by atoms with van der Waals surface area (Å²) in [6.07, 6.45) is 2.92. The van der Waals surface area contributed by atoms with Gasteiger partial charge in [0, 0.05) is 55.1 Å². The lowest BCUT2D eigenvalue weighted by Gasteiger charge is -2.28. The molecule has 2 heterocycles. The van der Waals surface area contributed by atoms with Crippen molar-refractivity contribution in [3.63, 3.8) is 0 Å². The Morgan fingerprint density at radius 1 is 1.33 bits per heavy atom. The van der Waals surface area contributed by atoms with Gasteiger partial charge in [0.2, 0.25) is 0 Å². The number of rotatable bonds is 4. The van der Waals surface area contributed by atoms with Crippen LogP contribution in [-0.4, -0.2) is 28.5 Å². The molecule has 0 spiro atoms. The topological polar surface area (TPSA) is 38.3 Å². The van der Waals surface area contributed by atoms with E-state index in [0.29, 0.717) is 6.61 Å². The number of aromatic nitrogens is 2. The molecule has 0 aliphatic carbocycles. The number of benzene rings is 1. The van der Waals surface area contributed by atoms with Gasteiger partial charge in [0.05, 0.1) is 0 Å². The van der Waals surface area contributed by atoms with Crippen molar-refractivity contribution in [2.24, 2.45) is 0 Å². The summed E-state index contributed by atoms with van der Waals surface area (Å²) in [6.45, 7) is 3.36. The van der Waals surface area contributed by atoms with Gasteiger partial charge in [0.25, 0.3) is 0 Å². The number of ether oxygens (including phenoxy) is 1. The van der Waals surface area contributed by atoms with Crippen LogP contribution in [0.5, 0.6) is 0 Å². The summed E-state index contributed by atoms with van der Waals surface area (Å²) in [7, 11) is 1.67. The fraction of sp³-hybridized carbons (Fsp3) is 0.375. The van der Waals surface area contributed by atoms with E-state index in [4.69, 9.17) is 4.74 Å². The molecule has 0 bridgehead atoms. The van der Waals surface area contributed by atoms with Crippen LogP contribution in [0.15, 0.2) is 34.9 Å². The zero-order valence-corrected chi connectivity index (χ0v) is 13.6. The second kappa shape index (κ2) is 6.64. The van der Waals surface area contributed by atoms with E-state index >= 15 is 0 Å². The number of methoxy groups -OCH3 is 1. The third-order valence-electron chi connectivity index (χ3n) is 3.69. The summed E-state index contributed by atoms with van der Waals surface area (Å²) >= 11 is 3.62. The highest BCUT2D eigenvalue weighted by molar-refractivity contribution is 9.10. The molecule has 1 aromatic carbocycles. The van der Waals surface area contributed by atoms with Crippen molar-refractivity contribution in [3.8, 4) is 0 Å². The monoisotopic (exact) mass is 347 g/mol. The van der Waals surface area contributed by atoms with E-state index in [1.54, 1.807) is 7.11 Å². The van der Waals surface area contributed by atoms with Crippen molar-refractivity contribution in [1.82, 2.24) is 14.9 Å². The lowest BCUT2D eigenvalue weighted by Crippen LogP contribution is -2.31. The van der Waals surface area contributed by atoms with E-state index in [1.165, 1.54) is 21.3 Å². The zero-order chi connectivity index (χ0) is 14.7. The number of hydrogen-bond donors (Lipinski definition) is 0. The molecule has 5 heteroatoms. The summed E-state index contributed by atoms with van der Waals surface area (Å²) in [4.78, 5) is 11.4. The lowest BCUT2D eigenvalue weighted by molar-refractivity contribution is 0.176. The lowest BCUT2D eigenvalue weighted by atomic mass is 10.1.